The van der Waals surface area contributed by atoms with Crippen molar-refractivity contribution in [1.29, 1.82) is 0 Å². The SMILES string of the molecule is CCCOc1ccc(-c2nn(-c3ccccc3)cc2/C=N/NC(=O)COc2ccc([N+](=O)[O-])cc2)cc1. The van der Waals surface area contributed by atoms with E-state index in [1.54, 1.807) is 4.68 Å². The van der Waals surface area contributed by atoms with Crippen molar-refractivity contribution in [3.63, 3.8) is 0 Å². The molecule has 4 aromatic rings. The highest BCUT2D eigenvalue weighted by Crippen LogP contribution is 2.25. The lowest BCUT2D eigenvalue weighted by atomic mass is 10.1. The molecular weight excluding hydrogens is 474 g/mol. The van der Waals surface area contributed by atoms with Gasteiger partial charge in [-0.25, -0.2) is 10.1 Å². The Bertz CT molecular complexity index is 1370. The van der Waals surface area contributed by atoms with Crippen LogP contribution in [0.4, 0.5) is 5.69 Å². The van der Waals surface area contributed by atoms with Gasteiger partial charge in [0.15, 0.2) is 6.61 Å². The van der Waals surface area contributed by atoms with Gasteiger partial charge in [0.2, 0.25) is 0 Å². The smallest absolute Gasteiger partial charge is 0.277 e. The molecule has 1 heterocycles. The van der Waals surface area contributed by atoms with E-state index in [1.165, 1.54) is 30.5 Å². The molecule has 3 aromatic carbocycles. The first kappa shape index (κ1) is 25.1. The van der Waals surface area contributed by atoms with Gasteiger partial charge in [0.25, 0.3) is 11.6 Å². The van der Waals surface area contributed by atoms with Gasteiger partial charge in [0, 0.05) is 29.5 Å². The van der Waals surface area contributed by atoms with E-state index in [1.807, 2.05) is 60.8 Å². The Hall–Kier alpha value is -4.99. The summed E-state index contributed by atoms with van der Waals surface area (Å²) in [5.74, 6) is 0.634. The second-order valence-electron chi connectivity index (χ2n) is 7.92. The Morgan fingerprint density at radius 3 is 2.38 bits per heavy atom. The predicted molar refractivity (Wildman–Crippen MR) is 139 cm³/mol. The van der Waals surface area contributed by atoms with Crippen molar-refractivity contribution < 1.29 is 19.2 Å². The molecule has 0 spiro atoms. The molecule has 0 unspecified atom stereocenters. The maximum absolute atomic E-state index is 12.2. The molecule has 1 amide bonds. The first-order valence-corrected chi connectivity index (χ1v) is 11.6. The van der Waals surface area contributed by atoms with Crippen molar-refractivity contribution in [2.24, 2.45) is 5.10 Å². The molecule has 0 aliphatic heterocycles. The molecular formula is C27H25N5O5. The van der Waals surface area contributed by atoms with E-state index in [4.69, 9.17) is 14.6 Å². The second-order valence-corrected chi connectivity index (χ2v) is 7.92. The lowest BCUT2D eigenvalue weighted by molar-refractivity contribution is -0.384. The minimum Gasteiger partial charge on any atom is -0.494 e. The van der Waals surface area contributed by atoms with Crippen LogP contribution in [0, 0.1) is 10.1 Å². The normalized spacial score (nSPS) is 10.8. The number of hydrazone groups is 1. The number of rotatable bonds is 11. The summed E-state index contributed by atoms with van der Waals surface area (Å²) < 4.78 is 12.8. The van der Waals surface area contributed by atoms with Gasteiger partial charge in [0.05, 0.1) is 23.4 Å². The van der Waals surface area contributed by atoms with E-state index in [0.29, 0.717) is 23.6 Å². The zero-order valence-electron chi connectivity index (χ0n) is 20.1. The van der Waals surface area contributed by atoms with Gasteiger partial charge < -0.3 is 9.47 Å². The molecule has 188 valence electrons. The zero-order chi connectivity index (χ0) is 26.0. The number of hydrogen-bond acceptors (Lipinski definition) is 7. The van der Waals surface area contributed by atoms with E-state index in [-0.39, 0.29) is 12.3 Å². The van der Waals surface area contributed by atoms with Crippen molar-refractivity contribution in [3.8, 4) is 28.4 Å². The third-order valence-corrected chi connectivity index (χ3v) is 5.17. The third-order valence-electron chi connectivity index (χ3n) is 5.17. The average Bonchev–Trinajstić information content (AvgIpc) is 3.36. The highest BCUT2D eigenvalue weighted by Gasteiger charge is 2.12. The Labute approximate surface area is 213 Å². The van der Waals surface area contributed by atoms with E-state index >= 15 is 0 Å². The maximum Gasteiger partial charge on any atom is 0.277 e. The molecule has 1 aromatic heterocycles. The molecule has 0 fully saturated rings. The number of para-hydroxylation sites is 1. The van der Waals surface area contributed by atoms with Gasteiger partial charge >= 0.3 is 0 Å². The van der Waals surface area contributed by atoms with Crippen LogP contribution >= 0.6 is 0 Å². The fourth-order valence-corrected chi connectivity index (χ4v) is 3.37. The number of carbonyl (C=O) groups is 1. The van der Waals surface area contributed by atoms with Crippen molar-refractivity contribution >= 4 is 17.8 Å². The highest BCUT2D eigenvalue weighted by molar-refractivity contribution is 5.89. The van der Waals surface area contributed by atoms with Crippen LogP contribution in [0.3, 0.4) is 0 Å². The lowest BCUT2D eigenvalue weighted by Crippen LogP contribution is -2.24. The van der Waals surface area contributed by atoms with Gasteiger partial charge in [-0.1, -0.05) is 25.1 Å². The van der Waals surface area contributed by atoms with Crippen LogP contribution < -0.4 is 14.9 Å². The summed E-state index contributed by atoms with van der Waals surface area (Å²) in [6.45, 7) is 2.40. The number of nitrogens with zero attached hydrogens (tertiary/aromatic N) is 4. The lowest BCUT2D eigenvalue weighted by Gasteiger charge is -2.05. The summed E-state index contributed by atoms with van der Waals surface area (Å²) in [6, 6.07) is 22.8. The van der Waals surface area contributed by atoms with Crippen LogP contribution in [-0.2, 0) is 4.79 Å². The van der Waals surface area contributed by atoms with Gasteiger partial charge in [-0.05, 0) is 55.0 Å². The number of nitro groups is 1. The number of hydrogen-bond donors (Lipinski definition) is 1. The van der Waals surface area contributed by atoms with E-state index in [2.05, 4.69) is 17.5 Å². The summed E-state index contributed by atoms with van der Waals surface area (Å²) in [4.78, 5) is 22.4. The molecule has 0 aliphatic carbocycles. The molecule has 10 heteroatoms. The molecule has 10 nitrogen and oxygen atoms in total. The zero-order valence-corrected chi connectivity index (χ0v) is 20.1. The van der Waals surface area contributed by atoms with Crippen molar-refractivity contribution in [2.45, 2.75) is 13.3 Å². The predicted octanol–water partition coefficient (Wildman–Crippen LogP) is 4.77. The van der Waals surface area contributed by atoms with Crippen molar-refractivity contribution in [2.75, 3.05) is 13.2 Å². The molecule has 0 radical (unpaired) electrons. The molecule has 0 aliphatic rings. The Balaban J connectivity index is 1.46. The maximum atomic E-state index is 12.2. The first-order chi connectivity index (χ1) is 18.0. The number of amides is 1. The minimum atomic E-state index is -0.506. The number of carbonyl (C=O) groups excluding carboxylic acids is 1. The molecule has 0 saturated heterocycles. The first-order valence-electron chi connectivity index (χ1n) is 11.6. The van der Waals surface area contributed by atoms with E-state index < -0.39 is 10.8 Å². The number of non-ortho nitro benzene ring substituents is 1. The van der Waals surface area contributed by atoms with Gasteiger partial charge in [-0.2, -0.15) is 10.2 Å². The molecule has 37 heavy (non-hydrogen) atoms. The van der Waals surface area contributed by atoms with Crippen LogP contribution in [0.25, 0.3) is 16.9 Å². The number of nitrogens with one attached hydrogen (secondary N) is 1. The molecule has 0 bridgehead atoms. The third kappa shape index (κ3) is 6.79. The Kier molecular flexibility index (Phi) is 8.22. The van der Waals surface area contributed by atoms with Gasteiger partial charge in [0.1, 0.15) is 17.2 Å². The summed E-state index contributed by atoms with van der Waals surface area (Å²) in [7, 11) is 0. The number of aromatic nitrogens is 2. The summed E-state index contributed by atoms with van der Waals surface area (Å²) in [6.07, 6.45) is 4.27. The van der Waals surface area contributed by atoms with Gasteiger partial charge in [-0.3, -0.25) is 14.9 Å². The molecule has 0 atom stereocenters. The summed E-state index contributed by atoms with van der Waals surface area (Å²) in [5, 5.41) is 19.5. The molecule has 4 rings (SSSR count). The number of benzene rings is 3. The van der Waals surface area contributed by atoms with Crippen molar-refractivity contribution in [3.05, 3.63) is 101 Å². The summed E-state index contributed by atoms with van der Waals surface area (Å²) in [5.41, 5.74) is 5.51. The number of ether oxygens (including phenoxy) is 2. The summed E-state index contributed by atoms with van der Waals surface area (Å²) >= 11 is 0. The Morgan fingerprint density at radius 1 is 1.03 bits per heavy atom. The Morgan fingerprint density at radius 2 is 1.70 bits per heavy atom. The largest absolute Gasteiger partial charge is 0.494 e. The average molecular weight is 500 g/mol. The second kappa shape index (κ2) is 12.1. The van der Waals surface area contributed by atoms with Crippen LogP contribution in [0.2, 0.25) is 0 Å². The van der Waals surface area contributed by atoms with Crippen molar-refractivity contribution in [1.82, 2.24) is 15.2 Å². The monoisotopic (exact) mass is 499 g/mol. The minimum absolute atomic E-state index is 0.0589. The van der Waals surface area contributed by atoms with Crippen LogP contribution in [0.5, 0.6) is 11.5 Å². The topological polar surface area (TPSA) is 121 Å². The molecule has 0 saturated carbocycles. The van der Waals surface area contributed by atoms with Gasteiger partial charge in [-0.15, -0.1) is 0 Å². The van der Waals surface area contributed by atoms with Crippen LogP contribution in [-0.4, -0.2) is 40.0 Å². The number of nitro benzene ring substituents is 1. The van der Waals surface area contributed by atoms with Crippen LogP contribution in [0.1, 0.15) is 18.9 Å². The fraction of sp³-hybridized carbons (Fsp3) is 0.148. The van der Waals surface area contributed by atoms with E-state index in [9.17, 15) is 14.9 Å². The highest BCUT2D eigenvalue weighted by atomic mass is 16.6. The van der Waals surface area contributed by atoms with E-state index in [0.717, 1.165) is 23.4 Å². The standard InChI is InChI=1S/C27H25N5O5/c1-2-16-36-24-12-8-20(9-13-24)27-21(18-31(30-27)22-6-4-3-5-7-22)17-28-29-26(33)19-37-25-14-10-23(11-15-25)32(34)35/h3-15,17-18H,2,16,19H2,1H3,(H,29,33)/b28-17+. The van der Waals surface area contributed by atoms with Crippen LogP contribution in [0.15, 0.2) is 90.2 Å². The molecule has 1 N–H and O–H groups in total. The quantitative estimate of drug-likeness (QED) is 0.180. The fourth-order valence-electron chi connectivity index (χ4n) is 3.37.